The zero-order chi connectivity index (χ0) is 21.3. The van der Waals surface area contributed by atoms with Crippen molar-refractivity contribution in [3.05, 3.63) is 77.9 Å². The van der Waals surface area contributed by atoms with Crippen LogP contribution in [0, 0.1) is 6.92 Å². The summed E-state index contributed by atoms with van der Waals surface area (Å²) in [4.78, 5) is 20.5. The molecule has 0 aliphatic heterocycles. The lowest BCUT2D eigenvalue weighted by Gasteiger charge is -2.07. The van der Waals surface area contributed by atoms with Crippen molar-refractivity contribution in [1.29, 1.82) is 0 Å². The average molecular weight is 386 g/mol. The predicted molar refractivity (Wildman–Crippen MR) is 99.2 cm³/mol. The number of aromatic nitrogens is 2. The number of benzene rings is 2. The van der Waals surface area contributed by atoms with Gasteiger partial charge in [0.25, 0.3) is 5.82 Å². The maximum Gasteiger partial charge on any atom is 0.339 e. The van der Waals surface area contributed by atoms with E-state index >= 15 is 0 Å². The molecule has 148 valence electrons. The third-order valence-corrected chi connectivity index (χ3v) is 3.79. The Morgan fingerprint density at radius 3 is 1.75 bits per heavy atom. The summed E-state index contributed by atoms with van der Waals surface area (Å²) in [6.45, 7) is 2.08. The Morgan fingerprint density at radius 2 is 1.46 bits per heavy atom. The van der Waals surface area contributed by atoms with Crippen LogP contribution in [0.25, 0.3) is 0 Å². The standard InChI is InChI=1S/2C7H6O3.C6H11N2/c2*8-6-4-2-1-3-5(6)7(9)10;1-6-7(2)4-5-8(6)3/h2*1-4,8H,(H,9,10);4-5H,1-3H3/q;;+1/p-1. The van der Waals surface area contributed by atoms with Gasteiger partial charge in [-0.3, -0.25) is 0 Å². The van der Waals surface area contributed by atoms with E-state index in [1.54, 1.807) is 12.1 Å². The van der Waals surface area contributed by atoms with Crippen molar-refractivity contribution in [2.24, 2.45) is 14.1 Å². The Kier molecular flexibility index (Phi) is 8.23. The number of aromatic carboxylic acids is 2. The summed E-state index contributed by atoms with van der Waals surface area (Å²) >= 11 is 0. The van der Waals surface area contributed by atoms with Crippen molar-refractivity contribution in [2.75, 3.05) is 0 Å². The van der Waals surface area contributed by atoms with Crippen LogP contribution in [0.5, 0.6) is 11.5 Å². The van der Waals surface area contributed by atoms with Gasteiger partial charge in [0.1, 0.15) is 23.7 Å². The Morgan fingerprint density at radius 1 is 0.964 bits per heavy atom. The van der Waals surface area contributed by atoms with Gasteiger partial charge in [0.15, 0.2) is 0 Å². The SMILES string of the molecule is Cc1n(C)cc[n+]1C.O=C(O)c1ccccc1O.O=C(O)c1ccccc1[O-]. The smallest absolute Gasteiger partial charge is 0.339 e. The van der Waals surface area contributed by atoms with Crippen LogP contribution in [0.1, 0.15) is 26.5 Å². The minimum absolute atomic E-state index is 0.0671. The molecule has 0 spiro atoms. The van der Waals surface area contributed by atoms with Gasteiger partial charge >= 0.3 is 11.9 Å². The van der Waals surface area contributed by atoms with Crippen molar-refractivity contribution >= 4 is 11.9 Å². The molecule has 0 amide bonds. The number of carbonyl (C=O) groups is 2. The van der Waals surface area contributed by atoms with Crippen molar-refractivity contribution in [3.8, 4) is 11.5 Å². The van der Waals surface area contributed by atoms with Gasteiger partial charge < -0.3 is 20.4 Å². The molecular weight excluding hydrogens is 364 g/mol. The first-order valence-electron chi connectivity index (χ1n) is 8.13. The van der Waals surface area contributed by atoms with Gasteiger partial charge in [-0.25, -0.2) is 18.7 Å². The molecule has 8 nitrogen and oxygen atoms in total. The third kappa shape index (κ3) is 6.49. The summed E-state index contributed by atoms with van der Waals surface area (Å²) in [5, 5.41) is 36.4. The van der Waals surface area contributed by atoms with Gasteiger partial charge in [0, 0.05) is 6.92 Å². The molecule has 0 saturated heterocycles. The minimum Gasteiger partial charge on any atom is -0.872 e. The summed E-state index contributed by atoms with van der Waals surface area (Å²) in [5.41, 5.74) is -0.245. The quantitative estimate of drug-likeness (QED) is 0.576. The van der Waals surface area contributed by atoms with Gasteiger partial charge in [-0.1, -0.05) is 36.1 Å². The molecule has 3 N–H and O–H groups in total. The summed E-state index contributed by atoms with van der Waals surface area (Å²) < 4.78 is 4.17. The predicted octanol–water partition coefficient (Wildman–Crippen LogP) is 1.71. The summed E-state index contributed by atoms with van der Waals surface area (Å²) in [7, 11) is 4.07. The highest BCUT2D eigenvalue weighted by molar-refractivity contribution is 5.90. The number of para-hydroxylation sites is 2. The molecule has 0 unspecified atom stereocenters. The highest BCUT2D eigenvalue weighted by Crippen LogP contribution is 2.14. The highest BCUT2D eigenvalue weighted by Gasteiger charge is 2.05. The van der Waals surface area contributed by atoms with Gasteiger partial charge in [0.2, 0.25) is 0 Å². The zero-order valence-electron chi connectivity index (χ0n) is 15.7. The van der Waals surface area contributed by atoms with E-state index in [-0.39, 0.29) is 16.9 Å². The molecule has 3 aromatic rings. The second-order valence-corrected chi connectivity index (χ2v) is 5.69. The number of carboxylic acid groups (broad SMARTS) is 2. The molecule has 1 heterocycles. The van der Waals surface area contributed by atoms with Gasteiger partial charge in [-0.2, -0.15) is 0 Å². The first-order valence-corrected chi connectivity index (χ1v) is 8.13. The lowest BCUT2D eigenvalue weighted by Crippen LogP contribution is -2.29. The Labute approximate surface area is 162 Å². The average Bonchev–Trinajstić information content (AvgIpc) is 2.94. The number of aromatic hydroxyl groups is 1. The number of rotatable bonds is 2. The van der Waals surface area contributed by atoms with Crippen LogP contribution in [0.4, 0.5) is 0 Å². The maximum atomic E-state index is 10.7. The topological polar surface area (TPSA) is 127 Å². The second kappa shape index (κ2) is 10.4. The van der Waals surface area contributed by atoms with Crippen molar-refractivity contribution in [3.63, 3.8) is 0 Å². The largest absolute Gasteiger partial charge is 0.872 e. The molecule has 0 bridgehead atoms. The van der Waals surface area contributed by atoms with E-state index in [1.165, 1.54) is 42.2 Å². The van der Waals surface area contributed by atoms with E-state index in [0.717, 1.165) is 0 Å². The van der Waals surface area contributed by atoms with Crippen LogP contribution in [-0.2, 0) is 14.1 Å². The maximum absolute atomic E-state index is 10.7. The van der Waals surface area contributed by atoms with Gasteiger partial charge in [-0.15, -0.1) is 0 Å². The van der Waals surface area contributed by atoms with Crippen LogP contribution >= 0.6 is 0 Å². The van der Waals surface area contributed by atoms with Crippen LogP contribution in [0.2, 0.25) is 0 Å². The number of carboxylic acids is 2. The van der Waals surface area contributed by atoms with E-state index in [1.807, 2.05) is 26.5 Å². The number of aryl methyl sites for hydroxylation is 2. The van der Waals surface area contributed by atoms with Crippen molar-refractivity contribution in [2.45, 2.75) is 6.92 Å². The van der Waals surface area contributed by atoms with Gasteiger partial charge in [0.05, 0.1) is 19.7 Å². The fourth-order valence-electron chi connectivity index (χ4n) is 1.96. The molecule has 0 saturated carbocycles. The monoisotopic (exact) mass is 386 g/mol. The van der Waals surface area contributed by atoms with E-state index in [4.69, 9.17) is 15.3 Å². The number of nitrogens with zero attached hydrogens (tertiary/aromatic N) is 2. The Hall–Kier alpha value is -3.81. The molecule has 0 fully saturated rings. The summed E-state index contributed by atoms with van der Waals surface area (Å²) in [6, 6.07) is 11.3. The first kappa shape index (κ1) is 22.2. The van der Waals surface area contributed by atoms with Crippen LogP contribution in [-0.4, -0.2) is 31.8 Å². The molecule has 1 aromatic heterocycles. The third-order valence-electron chi connectivity index (χ3n) is 3.79. The van der Waals surface area contributed by atoms with E-state index < -0.39 is 17.7 Å². The number of imidazole rings is 1. The summed E-state index contributed by atoms with van der Waals surface area (Å²) in [6.07, 6.45) is 4.07. The first-order chi connectivity index (χ1) is 13.1. The lowest BCUT2D eigenvalue weighted by molar-refractivity contribution is -0.677. The molecule has 0 aliphatic rings. The highest BCUT2D eigenvalue weighted by atomic mass is 16.4. The second-order valence-electron chi connectivity index (χ2n) is 5.69. The van der Waals surface area contributed by atoms with Crippen molar-refractivity contribution < 1.29 is 34.6 Å². The molecular formula is C20H22N2O6. The molecule has 0 radical (unpaired) electrons. The Balaban J connectivity index is 0.000000212. The number of hydrogen-bond donors (Lipinski definition) is 3. The van der Waals surface area contributed by atoms with E-state index in [0.29, 0.717) is 0 Å². The zero-order valence-corrected chi connectivity index (χ0v) is 15.7. The fraction of sp³-hybridized carbons (Fsp3) is 0.150. The van der Waals surface area contributed by atoms with Crippen LogP contribution < -0.4 is 9.67 Å². The fourth-order valence-corrected chi connectivity index (χ4v) is 1.96. The normalized spacial score (nSPS) is 9.39. The van der Waals surface area contributed by atoms with E-state index in [9.17, 15) is 14.7 Å². The number of hydrogen-bond acceptors (Lipinski definition) is 4. The van der Waals surface area contributed by atoms with Crippen LogP contribution in [0.3, 0.4) is 0 Å². The molecule has 0 atom stereocenters. The van der Waals surface area contributed by atoms with Crippen molar-refractivity contribution in [1.82, 2.24) is 4.57 Å². The molecule has 0 aliphatic carbocycles. The van der Waals surface area contributed by atoms with E-state index in [2.05, 4.69) is 16.1 Å². The Bertz CT molecular complexity index is 874. The molecule has 28 heavy (non-hydrogen) atoms. The van der Waals surface area contributed by atoms with Gasteiger partial charge in [-0.05, 0) is 18.2 Å². The molecule has 8 heteroatoms. The molecule has 2 aromatic carbocycles. The summed E-state index contributed by atoms with van der Waals surface area (Å²) in [5.74, 6) is -1.67. The molecule has 3 rings (SSSR count). The van der Waals surface area contributed by atoms with Crippen LogP contribution in [0.15, 0.2) is 60.9 Å². The minimum atomic E-state index is -1.18. The lowest BCUT2D eigenvalue weighted by atomic mass is 10.2. The number of phenols is 1.